The number of carbonyl (C=O) groups excluding carboxylic acids is 1. The number of aryl methyl sites for hydroxylation is 1. The molecule has 0 unspecified atom stereocenters. The maximum absolute atomic E-state index is 13.1. The Morgan fingerprint density at radius 3 is 2.07 bits per heavy atom. The van der Waals surface area contributed by atoms with Gasteiger partial charge in [-0.1, -0.05) is 78.1 Å². The molecule has 2 aromatic carbocycles. The molecule has 4 nitrogen and oxygen atoms in total. The number of hydrogen-bond donors (Lipinski definition) is 1. The van der Waals surface area contributed by atoms with Gasteiger partial charge in [-0.3, -0.25) is 9.78 Å². The quantitative estimate of drug-likeness (QED) is 0.508. The Hall–Kier alpha value is -3.31. The van der Waals surface area contributed by atoms with Gasteiger partial charge in [-0.2, -0.15) is 0 Å². The van der Waals surface area contributed by atoms with E-state index in [1.807, 2.05) is 85.9 Å². The third-order valence-corrected chi connectivity index (χ3v) is 5.42. The van der Waals surface area contributed by atoms with E-state index in [1.54, 1.807) is 6.20 Å². The molecule has 4 aromatic rings. The zero-order valence-electron chi connectivity index (χ0n) is 15.4. The molecule has 0 bridgehead atoms. The van der Waals surface area contributed by atoms with Crippen molar-refractivity contribution in [3.05, 3.63) is 102 Å². The van der Waals surface area contributed by atoms with Gasteiger partial charge in [-0.05, 0) is 24.1 Å². The van der Waals surface area contributed by atoms with E-state index in [0.717, 1.165) is 27.3 Å². The molecule has 2 aromatic heterocycles. The van der Waals surface area contributed by atoms with Gasteiger partial charge in [0.15, 0.2) is 5.13 Å². The molecule has 28 heavy (non-hydrogen) atoms. The highest BCUT2D eigenvalue weighted by Gasteiger charge is 2.23. The third kappa shape index (κ3) is 4.00. The maximum Gasteiger partial charge on any atom is 0.238 e. The summed E-state index contributed by atoms with van der Waals surface area (Å²) >= 11 is 1.44. The second kappa shape index (κ2) is 8.15. The molecular weight excluding hydrogens is 366 g/mol. The van der Waals surface area contributed by atoms with Gasteiger partial charge in [-0.25, -0.2) is 4.98 Å². The number of pyridine rings is 1. The summed E-state index contributed by atoms with van der Waals surface area (Å²) in [5.74, 6) is -0.490. The summed E-state index contributed by atoms with van der Waals surface area (Å²) < 4.78 is 0. The molecule has 1 amide bonds. The number of rotatable bonds is 5. The summed E-state index contributed by atoms with van der Waals surface area (Å²) in [4.78, 5) is 22.8. The third-order valence-electron chi connectivity index (χ3n) is 4.46. The smallest absolute Gasteiger partial charge is 0.238 e. The fourth-order valence-corrected chi connectivity index (χ4v) is 3.85. The van der Waals surface area contributed by atoms with Crippen molar-refractivity contribution in [3.8, 4) is 10.4 Å². The first-order valence-corrected chi connectivity index (χ1v) is 9.82. The van der Waals surface area contributed by atoms with Crippen LogP contribution in [0.3, 0.4) is 0 Å². The highest BCUT2D eigenvalue weighted by atomic mass is 32.1. The monoisotopic (exact) mass is 385 g/mol. The van der Waals surface area contributed by atoms with Crippen LogP contribution in [-0.4, -0.2) is 15.9 Å². The van der Waals surface area contributed by atoms with Crippen molar-refractivity contribution in [2.24, 2.45) is 0 Å². The number of hydrogen-bond acceptors (Lipinski definition) is 4. The Morgan fingerprint density at radius 2 is 1.50 bits per heavy atom. The number of nitrogens with one attached hydrogen (secondary N) is 1. The van der Waals surface area contributed by atoms with Crippen LogP contribution in [0.5, 0.6) is 0 Å². The minimum atomic E-state index is -0.393. The Morgan fingerprint density at radius 1 is 0.857 bits per heavy atom. The molecular formula is C23H19N3OS. The number of amides is 1. The van der Waals surface area contributed by atoms with Crippen LogP contribution >= 0.6 is 11.3 Å². The lowest BCUT2D eigenvalue weighted by atomic mass is 9.90. The number of aromatic nitrogens is 2. The minimum Gasteiger partial charge on any atom is -0.301 e. The fourth-order valence-electron chi connectivity index (χ4n) is 3.04. The number of nitrogens with zero attached hydrogens (tertiary/aromatic N) is 2. The molecule has 0 saturated carbocycles. The van der Waals surface area contributed by atoms with E-state index in [-0.39, 0.29) is 5.91 Å². The molecule has 0 radical (unpaired) electrons. The van der Waals surface area contributed by atoms with Crippen molar-refractivity contribution in [1.29, 1.82) is 0 Å². The highest BCUT2D eigenvalue weighted by molar-refractivity contribution is 7.19. The molecule has 0 aliphatic heterocycles. The zero-order chi connectivity index (χ0) is 19.3. The van der Waals surface area contributed by atoms with Crippen LogP contribution < -0.4 is 5.32 Å². The first-order chi connectivity index (χ1) is 13.7. The maximum atomic E-state index is 13.1. The van der Waals surface area contributed by atoms with Crippen LogP contribution in [0.25, 0.3) is 10.4 Å². The van der Waals surface area contributed by atoms with Gasteiger partial charge >= 0.3 is 0 Å². The Bertz CT molecular complexity index is 1020. The van der Waals surface area contributed by atoms with Gasteiger partial charge in [-0.15, -0.1) is 0 Å². The molecule has 4 rings (SSSR count). The molecule has 0 spiro atoms. The van der Waals surface area contributed by atoms with E-state index in [9.17, 15) is 4.79 Å². The van der Waals surface area contributed by atoms with Crippen LogP contribution in [0.2, 0.25) is 0 Å². The van der Waals surface area contributed by atoms with Gasteiger partial charge in [0.25, 0.3) is 0 Å². The molecule has 0 aliphatic carbocycles. The normalized spacial score (nSPS) is 10.8. The van der Waals surface area contributed by atoms with Crippen molar-refractivity contribution >= 4 is 22.4 Å². The summed E-state index contributed by atoms with van der Waals surface area (Å²) in [5.41, 5.74) is 3.86. The van der Waals surface area contributed by atoms with Crippen molar-refractivity contribution in [1.82, 2.24) is 9.97 Å². The second-order valence-electron chi connectivity index (χ2n) is 6.46. The lowest BCUT2D eigenvalue weighted by Crippen LogP contribution is -2.22. The predicted octanol–water partition coefficient (Wildman–Crippen LogP) is 5.28. The van der Waals surface area contributed by atoms with Gasteiger partial charge in [0.05, 0.1) is 10.8 Å². The van der Waals surface area contributed by atoms with Crippen LogP contribution in [0.4, 0.5) is 5.13 Å². The highest BCUT2D eigenvalue weighted by Crippen LogP contribution is 2.31. The lowest BCUT2D eigenvalue weighted by molar-refractivity contribution is -0.116. The van der Waals surface area contributed by atoms with Crippen LogP contribution in [0.15, 0.2) is 85.2 Å². The van der Waals surface area contributed by atoms with Gasteiger partial charge in [0.2, 0.25) is 5.91 Å². The summed E-state index contributed by atoms with van der Waals surface area (Å²) in [7, 11) is 0. The standard InChI is InChI=1S/C23H19N3OS/c1-16-12-13-19(14-24-16)20-15-25-23(28-20)26-22(27)21(17-8-4-2-5-9-17)18-10-6-3-7-11-18/h2-15,21H,1H3,(H,25,26,27). The Balaban J connectivity index is 1.59. The molecule has 0 fully saturated rings. The second-order valence-corrected chi connectivity index (χ2v) is 7.49. The van der Waals surface area contributed by atoms with Crippen LogP contribution in [0.1, 0.15) is 22.7 Å². The number of benzene rings is 2. The van der Waals surface area contributed by atoms with E-state index in [2.05, 4.69) is 15.3 Å². The van der Waals surface area contributed by atoms with Gasteiger partial charge in [0, 0.05) is 23.7 Å². The summed E-state index contributed by atoms with van der Waals surface area (Å²) in [6.45, 7) is 1.95. The molecule has 138 valence electrons. The average molecular weight is 385 g/mol. The number of thiazole rings is 1. The fraction of sp³-hybridized carbons (Fsp3) is 0.0870. The van der Waals surface area contributed by atoms with Crippen molar-refractivity contribution in [3.63, 3.8) is 0 Å². The molecule has 0 aliphatic rings. The lowest BCUT2D eigenvalue weighted by Gasteiger charge is -2.17. The van der Waals surface area contributed by atoms with Gasteiger partial charge in [0.1, 0.15) is 0 Å². The number of anilines is 1. The number of carbonyl (C=O) groups is 1. The topological polar surface area (TPSA) is 54.9 Å². The van der Waals surface area contributed by atoms with E-state index >= 15 is 0 Å². The first kappa shape index (κ1) is 18.1. The van der Waals surface area contributed by atoms with Gasteiger partial charge < -0.3 is 5.32 Å². The van der Waals surface area contributed by atoms with Crippen LogP contribution in [-0.2, 0) is 4.79 Å². The average Bonchev–Trinajstić information content (AvgIpc) is 3.19. The minimum absolute atomic E-state index is 0.0969. The SMILES string of the molecule is Cc1ccc(-c2cnc(NC(=O)C(c3ccccc3)c3ccccc3)s2)cn1. The van der Waals surface area contributed by atoms with E-state index in [4.69, 9.17) is 0 Å². The summed E-state index contributed by atoms with van der Waals surface area (Å²) in [6.07, 6.45) is 3.60. The van der Waals surface area contributed by atoms with Crippen molar-refractivity contribution < 1.29 is 4.79 Å². The van der Waals surface area contributed by atoms with E-state index in [0.29, 0.717) is 5.13 Å². The van der Waals surface area contributed by atoms with Crippen molar-refractivity contribution in [2.45, 2.75) is 12.8 Å². The largest absolute Gasteiger partial charge is 0.301 e. The van der Waals surface area contributed by atoms with Crippen LogP contribution in [0, 0.1) is 6.92 Å². The van der Waals surface area contributed by atoms with E-state index in [1.165, 1.54) is 11.3 Å². The zero-order valence-corrected chi connectivity index (χ0v) is 16.2. The molecule has 1 N–H and O–H groups in total. The predicted molar refractivity (Wildman–Crippen MR) is 113 cm³/mol. The van der Waals surface area contributed by atoms with Crippen molar-refractivity contribution in [2.75, 3.05) is 5.32 Å². The first-order valence-electron chi connectivity index (χ1n) is 9.00. The molecule has 2 heterocycles. The molecule has 0 atom stereocenters. The molecule has 5 heteroatoms. The summed E-state index contributed by atoms with van der Waals surface area (Å²) in [5, 5.41) is 3.57. The Labute approximate surface area is 167 Å². The Kier molecular flexibility index (Phi) is 5.26. The molecule has 0 saturated heterocycles. The van der Waals surface area contributed by atoms with E-state index < -0.39 is 5.92 Å². The summed E-state index contributed by atoms with van der Waals surface area (Å²) in [6, 6.07) is 23.6.